The standard InChI is InChI=1S/C15H15N3O3S2/c1-16(2)6-9-12(19)18(15(22)23-9)17-13(20)10-7-3-4-8(5-7)11(10)14(17)21/h3-4,6-8,10-11H,5H2,1-2H3/b9-6-/t7-,8-,10-,11-/m0/s1. The molecule has 0 aromatic rings. The fourth-order valence-electron chi connectivity index (χ4n) is 3.94. The van der Waals surface area contributed by atoms with Crippen molar-refractivity contribution in [3.63, 3.8) is 0 Å². The van der Waals surface area contributed by atoms with Gasteiger partial charge in [-0.05, 0) is 30.5 Å². The van der Waals surface area contributed by atoms with Crippen LogP contribution < -0.4 is 0 Å². The molecule has 120 valence electrons. The number of carbonyl (C=O) groups is 3. The first-order valence-corrected chi connectivity index (χ1v) is 8.63. The lowest BCUT2D eigenvalue weighted by atomic mass is 9.85. The largest absolute Gasteiger partial charge is 0.382 e. The summed E-state index contributed by atoms with van der Waals surface area (Å²) in [6, 6.07) is 0. The molecular formula is C15H15N3O3S2. The number of hydrazine groups is 1. The molecule has 0 spiro atoms. The van der Waals surface area contributed by atoms with E-state index < -0.39 is 5.91 Å². The van der Waals surface area contributed by atoms with Crippen molar-refractivity contribution in [2.24, 2.45) is 23.7 Å². The fraction of sp³-hybridized carbons (Fsp3) is 0.467. The van der Waals surface area contributed by atoms with Crippen LogP contribution >= 0.6 is 24.0 Å². The molecule has 1 saturated carbocycles. The third-order valence-electron chi connectivity index (χ3n) is 4.80. The summed E-state index contributed by atoms with van der Waals surface area (Å²) in [6.07, 6.45) is 6.56. The lowest BCUT2D eigenvalue weighted by molar-refractivity contribution is -0.159. The second kappa shape index (κ2) is 4.91. The molecule has 0 aromatic heterocycles. The summed E-state index contributed by atoms with van der Waals surface area (Å²) in [4.78, 5) is 40.3. The Morgan fingerprint density at radius 2 is 1.70 bits per heavy atom. The van der Waals surface area contributed by atoms with Crippen molar-refractivity contribution in [2.45, 2.75) is 6.42 Å². The number of thioether (sulfide) groups is 1. The van der Waals surface area contributed by atoms with Gasteiger partial charge in [0.15, 0.2) is 4.32 Å². The van der Waals surface area contributed by atoms with Crippen LogP contribution in [0, 0.1) is 23.7 Å². The molecule has 2 heterocycles. The predicted octanol–water partition coefficient (Wildman–Crippen LogP) is 0.972. The van der Waals surface area contributed by atoms with Crippen molar-refractivity contribution in [3.05, 3.63) is 23.3 Å². The van der Waals surface area contributed by atoms with Gasteiger partial charge < -0.3 is 4.90 Å². The van der Waals surface area contributed by atoms with Crippen LogP contribution in [0.25, 0.3) is 0 Å². The number of hydrogen-bond donors (Lipinski definition) is 0. The summed E-state index contributed by atoms with van der Waals surface area (Å²) >= 11 is 6.35. The SMILES string of the molecule is CN(C)/C=C1\SC(=S)N(N2C(=O)[C@@H]3[C@@H](C2=O)[C@H]2C=C[C@H]3C2)C1=O. The zero-order valence-corrected chi connectivity index (χ0v) is 14.3. The van der Waals surface area contributed by atoms with Crippen LogP contribution in [0.3, 0.4) is 0 Å². The molecule has 4 aliphatic rings. The van der Waals surface area contributed by atoms with E-state index in [0.29, 0.717) is 4.91 Å². The number of carbonyl (C=O) groups excluding carboxylic acids is 3. The molecule has 2 aliphatic heterocycles. The van der Waals surface area contributed by atoms with Crippen molar-refractivity contribution < 1.29 is 14.4 Å². The molecule has 0 N–H and O–H groups in total. The van der Waals surface area contributed by atoms with Gasteiger partial charge in [0, 0.05) is 20.3 Å². The van der Waals surface area contributed by atoms with Gasteiger partial charge in [-0.3, -0.25) is 14.4 Å². The summed E-state index contributed by atoms with van der Waals surface area (Å²) in [6.45, 7) is 0. The molecule has 6 nitrogen and oxygen atoms in total. The first kappa shape index (κ1) is 14.9. The third-order valence-corrected chi connectivity index (χ3v) is 6.07. The summed E-state index contributed by atoms with van der Waals surface area (Å²) in [5, 5.41) is 2.08. The highest BCUT2D eigenvalue weighted by molar-refractivity contribution is 8.26. The van der Waals surface area contributed by atoms with Crippen LogP contribution in [-0.4, -0.2) is 51.1 Å². The Balaban J connectivity index is 1.67. The average molecular weight is 349 g/mol. The van der Waals surface area contributed by atoms with Crippen LogP contribution in [0.2, 0.25) is 0 Å². The highest BCUT2D eigenvalue weighted by Crippen LogP contribution is 2.53. The molecule has 23 heavy (non-hydrogen) atoms. The summed E-state index contributed by atoms with van der Waals surface area (Å²) in [5.41, 5.74) is 0. The molecule has 0 radical (unpaired) electrons. The van der Waals surface area contributed by atoms with Gasteiger partial charge in [-0.15, -0.1) is 0 Å². The second-order valence-electron chi connectivity index (χ2n) is 6.43. The number of amides is 3. The van der Waals surface area contributed by atoms with Crippen LogP contribution in [0.5, 0.6) is 0 Å². The molecular weight excluding hydrogens is 334 g/mol. The summed E-state index contributed by atoms with van der Waals surface area (Å²) < 4.78 is 0.227. The third kappa shape index (κ3) is 1.94. The molecule has 3 fully saturated rings. The maximum atomic E-state index is 12.8. The molecule has 4 rings (SSSR count). The molecule has 2 bridgehead atoms. The van der Waals surface area contributed by atoms with Crippen molar-refractivity contribution in [3.8, 4) is 0 Å². The Hall–Kier alpha value is -1.67. The Kier molecular flexibility index (Phi) is 3.18. The van der Waals surface area contributed by atoms with E-state index in [0.717, 1.165) is 28.2 Å². The number of rotatable bonds is 2. The molecule has 4 atom stereocenters. The molecule has 8 heteroatoms. The van der Waals surface area contributed by atoms with Gasteiger partial charge >= 0.3 is 0 Å². The number of thiocarbonyl (C=S) groups is 1. The van der Waals surface area contributed by atoms with E-state index in [1.54, 1.807) is 25.2 Å². The minimum atomic E-state index is -0.407. The van der Waals surface area contributed by atoms with Gasteiger partial charge in [-0.25, -0.2) is 0 Å². The molecule has 0 unspecified atom stereocenters. The summed E-state index contributed by atoms with van der Waals surface area (Å²) in [5.74, 6) is -1.43. The smallest absolute Gasteiger partial charge is 0.287 e. The van der Waals surface area contributed by atoms with Gasteiger partial charge in [0.05, 0.1) is 16.7 Å². The minimum Gasteiger partial charge on any atom is -0.382 e. The first-order chi connectivity index (χ1) is 10.9. The molecule has 0 aromatic carbocycles. The van der Waals surface area contributed by atoms with E-state index in [9.17, 15) is 14.4 Å². The van der Waals surface area contributed by atoms with Crippen molar-refractivity contribution in [1.82, 2.24) is 14.9 Å². The Morgan fingerprint density at radius 1 is 1.13 bits per heavy atom. The maximum absolute atomic E-state index is 12.8. The quantitative estimate of drug-likeness (QED) is 0.320. The van der Waals surface area contributed by atoms with Crippen LogP contribution in [0.4, 0.5) is 0 Å². The van der Waals surface area contributed by atoms with Crippen molar-refractivity contribution >= 4 is 46.0 Å². The number of fused-ring (bicyclic) bond motifs is 5. The minimum absolute atomic E-state index is 0.113. The van der Waals surface area contributed by atoms with E-state index in [1.807, 2.05) is 12.2 Å². The van der Waals surface area contributed by atoms with Crippen LogP contribution in [-0.2, 0) is 14.4 Å². The van der Waals surface area contributed by atoms with E-state index >= 15 is 0 Å². The molecule has 2 aliphatic carbocycles. The Labute approximate surface area is 143 Å². The van der Waals surface area contributed by atoms with Gasteiger partial charge in [-0.1, -0.05) is 23.9 Å². The normalized spacial score (nSPS) is 36.9. The van der Waals surface area contributed by atoms with E-state index in [4.69, 9.17) is 12.2 Å². The van der Waals surface area contributed by atoms with Crippen molar-refractivity contribution in [1.29, 1.82) is 0 Å². The van der Waals surface area contributed by atoms with Gasteiger partial charge in [-0.2, -0.15) is 10.0 Å². The van der Waals surface area contributed by atoms with Crippen LogP contribution in [0.1, 0.15) is 6.42 Å². The zero-order valence-electron chi connectivity index (χ0n) is 12.6. The van der Waals surface area contributed by atoms with E-state index in [-0.39, 0.29) is 39.8 Å². The maximum Gasteiger partial charge on any atom is 0.287 e. The van der Waals surface area contributed by atoms with Gasteiger partial charge in [0.25, 0.3) is 17.7 Å². The monoisotopic (exact) mass is 349 g/mol. The van der Waals surface area contributed by atoms with Gasteiger partial charge in [0.2, 0.25) is 0 Å². The lowest BCUT2D eigenvalue weighted by Gasteiger charge is -2.25. The Morgan fingerprint density at radius 3 is 2.22 bits per heavy atom. The Bertz CT molecular complexity index is 685. The van der Waals surface area contributed by atoms with Crippen molar-refractivity contribution in [2.75, 3.05) is 14.1 Å². The average Bonchev–Trinajstić information content (AvgIpc) is 3.19. The molecule has 3 amide bonds. The number of imide groups is 1. The number of allylic oxidation sites excluding steroid dienone is 2. The van der Waals surface area contributed by atoms with Gasteiger partial charge in [0.1, 0.15) is 0 Å². The van der Waals surface area contributed by atoms with E-state index in [2.05, 4.69) is 0 Å². The lowest BCUT2D eigenvalue weighted by Crippen LogP contribution is -2.49. The molecule has 2 saturated heterocycles. The predicted molar refractivity (Wildman–Crippen MR) is 88.4 cm³/mol. The first-order valence-electron chi connectivity index (χ1n) is 7.40. The topological polar surface area (TPSA) is 60.9 Å². The second-order valence-corrected chi connectivity index (χ2v) is 8.11. The highest BCUT2D eigenvalue weighted by Gasteiger charge is 2.62. The number of hydrogen-bond acceptors (Lipinski definition) is 6. The highest BCUT2D eigenvalue weighted by atomic mass is 32.2. The number of nitrogens with zero attached hydrogens (tertiary/aromatic N) is 3. The summed E-state index contributed by atoms with van der Waals surface area (Å²) in [7, 11) is 3.60. The van der Waals surface area contributed by atoms with E-state index in [1.165, 1.54) is 0 Å². The van der Waals surface area contributed by atoms with Crippen LogP contribution in [0.15, 0.2) is 23.3 Å². The fourth-order valence-corrected chi connectivity index (χ4v) is 5.25. The zero-order chi connectivity index (χ0) is 16.5.